The van der Waals surface area contributed by atoms with E-state index in [9.17, 15) is 13.2 Å². The van der Waals surface area contributed by atoms with E-state index in [-0.39, 0.29) is 16.2 Å². The summed E-state index contributed by atoms with van der Waals surface area (Å²) in [6, 6.07) is 4.21. The molecule has 1 N–H and O–H groups in total. The molecular weight excluding hydrogens is 392 g/mol. The number of nitrogens with one attached hydrogen (secondary N) is 1. The van der Waals surface area contributed by atoms with Crippen molar-refractivity contribution in [3.63, 3.8) is 0 Å². The molecule has 1 aromatic carbocycles. The number of fused-ring (bicyclic) bond motifs is 1. The Morgan fingerprint density at radius 2 is 2.00 bits per heavy atom. The number of ether oxygens (including phenoxy) is 1. The average molecular weight is 411 g/mol. The van der Waals surface area contributed by atoms with Gasteiger partial charge in [-0.1, -0.05) is 6.92 Å². The van der Waals surface area contributed by atoms with Gasteiger partial charge in [-0.2, -0.15) is 5.10 Å². The molecule has 0 atom stereocenters. The van der Waals surface area contributed by atoms with Crippen molar-refractivity contribution < 1.29 is 13.2 Å². The van der Waals surface area contributed by atoms with Crippen LogP contribution in [0.3, 0.4) is 0 Å². The van der Waals surface area contributed by atoms with Crippen LogP contribution in [0.5, 0.6) is 5.75 Å². The predicted octanol–water partition coefficient (Wildman–Crippen LogP) is 2.83. The summed E-state index contributed by atoms with van der Waals surface area (Å²) in [6.45, 7) is 6.72. The molecule has 0 saturated heterocycles. The van der Waals surface area contributed by atoms with Crippen molar-refractivity contribution in [1.82, 2.24) is 19.7 Å². The molecule has 2 heterocycles. The Labute approximate surface area is 160 Å². The van der Waals surface area contributed by atoms with Gasteiger partial charge in [-0.15, -0.1) is 0 Å². The fourth-order valence-electron chi connectivity index (χ4n) is 2.75. The lowest BCUT2D eigenvalue weighted by molar-refractivity contribution is 0.318. The van der Waals surface area contributed by atoms with Crippen molar-refractivity contribution in [2.75, 3.05) is 6.61 Å². The van der Waals surface area contributed by atoms with Gasteiger partial charge in [0.05, 0.1) is 22.8 Å². The van der Waals surface area contributed by atoms with Crippen LogP contribution in [0.1, 0.15) is 26.0 Å². The second-order valence-corrected chi connectivity index (χ2v) is 8.52. The lowest BCUT2D eigenvalue weighted by atomic mass is 10.2. The van der Waals surface area contributed by atoms with E-state index < -0.39 is 14.6 Å². The van der Waals surface area contributed by atoms with E-state index in [1.807, 2.05) is 20.8 Å². The number of hydrogen-bond acceptors (Lipinski definition) is 6. The van der Waals surface area contributed by atoms with Gasteiger partial charge in [0.2, 0.25) is 0 Å². The molecule has 0 aliphatic carbocycles. The number of aromatic nitrogens is 4. The monoisotopic (exact) mass is 410 g/mol. The molecule has 3 aromatic rings. The number of aromatic amines is 1. The molecule has 0 amide bonds. The van der Waals surface area contributed by atoms with Gasteiger partial charge in [-0.05, 0) is 38.5 Å². The van der Waals surface area contributed by atoms with Gasteiger partial charge in [0.25, 0.3) is 14.6 Å². The van der Waals surface area contributed by atoms with E-state index in [2.05, 4.69) is 15.1 Å². The van der Waals surface area contributed by atoms with Crippen LogP contribution in [0.2, 0.25) is 0 Å². The topological polar surface area (TPSA) is 107 Å². The maximum Gasteiger partial charge on any atom is 0.279 e. The number of hydrogen-bond donors (Lipinski definition) is 1. The van der Waals surface area contributed by atoms with Crippen molar-refractivity contribution in [2.45, 2.75) is 38.6 Å². The normalized spacial score (nSPS) is 11.9. The van der Waals surface area contributed by atoms with Crippen molar-refractivity contribution >= 4 is 30.8 Å². The van der Waals surface area contributed by atoms with E-state index in [4.69, 9.17) is 15.4 Å². The molecule has 0 bridgehead atoms. The number of aryl methyl sites for hydroxylation is 2. The van der Waals surface area contributed by atoms with Gasteiger partial charge in [-0.25, -0.2) is 13.4 Å². The molecule has 0 spiro atoms. The maximum atomic E-state index is 12.5. The SMILES string of the molecule is CCCOc1ccc(S(=O)(=O)Cl)cc1-c1nc2c(C)n(CC)nc2c(=O)[nH]1. The summed E-state index contributed by atoms with van der Waals surface area (Å²) in [5, 5.41) is 4.26. The Hall–Kier alpha value is -2.39. The van der Waals surface area contributed by atoms with Gasteiger partial charge in [0, 0.05) is 17.2 Å². The first-order valence-corrected chi connectivity index (χ1v) is 10.8. The molecule has 27 heavy (non-hydrogen) atoms. The summed E-state index contributed by atoms with van der Waals surface area (Å²) in [5.74, 6) is 0.600. The van der Waals surface area contributed by atoms with E-state index in [0.29, 0.717) is 30.0 Å². The van der Waals surface area contributed by atoms with Crippen molar-refractivity contribution in [3.05, 3.63) is 34.2 Å². The highest BCUT2D eigenvalue weighted by Crippen LogP contribution is 2.32. The summed E-state index contributed by atoms with van der Waals surface area (Å²) in [7, 11) is 1.52. The minimum absolute atomic E-state index is 0.105. The Kier molecular flexibility index (Phi) is 5.25. The zero-order valence-corrected chi connectivity index (χ0v) is 16.7. The zero-order valence-electron chi connectivity index (χ0n) is 15.1. The van der Waals surface area contributed by atoms with Gasteiger partial charge in [0.1, 0.15) is 17.1 Å². The first-order chi connectivity index (χ1) is 12.8. The lowest BCUT2D eigenvalue weighted by Crippen LogP contribution is -2.10. The molecule has 10 heteroatoms. The third kappa shape index (κ3) is 3.70. The molecule has 8 nitrogen and oxygen atoms in total. The quantitative estimate of drug-likeness (QED) is 0.626. The second-order valence-electron chi connectivity index (χ2n) is 5.96. The van der Waals surface area contributed by atoms with Crippen molar-refractivity contribution in [2.24, 2.45) is 0 Å². The van der Waals surface area contributed by atoms with Crippen LogP contribution in [-0.4, -0.2) is 34.8 Å². The highest BCUT2D eigenvalue weighted by Gasteiger charge is 2.19. The minimum Gasteiger partial charge on any atom is -0.493 e. The molecule has 3 rings (SSSR count). The Bertz CT molecular complexity index is 1170. The largest absolute Gasteiger partial charge is 0.493 e. The fourth-order valence-corrected chi connectivity index (χ4v) is 3.53. The third-order valence-electron chi connectivity index (χ3n) is 4.09. The molecular formula is C17H19ClN4O4S. The molecule has 0 fully saturated rings. The Balaban J connectivity index is 2.27. The van der Waals surface area contributed by atoms with Gasteiger partial charge < -0.3 is 9.72 Å². The van der Waals surface area contributed by atoms with Crippen LogP contribution < -0.4 is 10.3 Å². The molecule has 0 radical (unpaired) electrons. The number of halogens is 1. The van der Waals surface area contributed by atoms with Gasteiger partial charge in [0.15, 0.2) is 5.52 Å². The number of H-pyrrole nitrogens is 1. The first kappa shape index (κ1) is 19.4. The Morgan fingerprint density at radius 1 is 1.26 bits per heavy atom. The fraction of sp³-hybridized carbons (Fsp3) is 0.353. The molecule has 144 valence electrons. The average Bonchev–Trinajstić information content (AvgIpc) is 2.95. The summed E-state index contributed by atoms with van der Waals surface area (Å²) in [6.07, 6.45) is 0.764. The van der Waals surface area contributed by atoms with E-state index >= 15 is 0 Å². The number of rotatable bonds is 6. The highest BCUT2D eigenvalue weighted by molar-refractivity contribution is 8.13. The smallest absolute Gasteiger partial charge is 0.279 e. The van der Waals surface area contributed by atoms with Crippen molar-refractivity contribution in [1.29, 1.82) is 0 Å². The summed E-state index contributed by atoms with van der Waals surface area (Å²) < 4.78 is 30.9. The van der Waals surface area contributed by atoms with E-state index in [1.165, 1.54) is 18.2 Å². The van der Waals surface area contributed by atoms with Crippen LogP contribution in [0, 0.1) is 6.92 Å². The maximum absolute atomic E-state index is 12.5. The van der Waals surface area contributed by atoms with Crippen LogP contribution in [-0.2, 0) is 15.6 Å². The zero-order chi connectivity index (χ0) is 19.8. The van der Waals surface area contributed by atoms with Gasteiger partial charge >= 0.3 is 0 Å². The minimum atomic E-state index is -3.95. The second kappa shape index (κ2) is 7.32. The molecule has 0 unspecified atom stereocenters. The van der Waals surface area contributed by atoms with Crippen LogP contribution in [0.4, 0.5) is 0 Å². The molecule has 0 aliphatic heterocycles. The number of benzene rings is 1. The molecule has 0 saturated carbocycles. The molecule has 2 aromatic heterocycles. The standard InChI is InChI=1S/C17H19ClN4O4S/c1-4-8-26-13-7-6-11(27(18,24)25)9-12(13)16-19-14-10(3)22(5-2)21-15(14)17(23)20-16/h6-7,9H,4-5,8H2,1-3H3,(H,19,20,23). The Morgan fingerprint density at radius 3 is 2.63 bits per heavy atom. The van der Waals surface area contributed by atoms with Crippen LogP contribution in [0.15, 0.2) is 27.9 Å². The third-order valence-corrected chi connectivity index (χ3v) is 5.45. The lowest BCUT2D eigenvalue weighted by Gasteiger charge is -2.11. The summed E-state index contributed by atoms with van der Waals surface area (Å²) >= 11 is 0. The molecule has 0 aliphatic rings. The summed E-state index contributed by atoms with van der Waals surface area (Å²) in [5.41, 5.74) is 1.36. The van der Waals surface area contributed by atoms with E-state index in [0.717, 1.165) is 12.1 Å². The summed E-state index contributed by atoms with van der Waals surface area (Å²) in [4.78, 5) is 19.6. The highest BCUT2D eigenvalue weighted by atomic mass is 35.7. The predicted molar refractivity (Wildman–Crippen MR) is 103 cm³/mol. The van der Waals surface area contributed by atoms with Crippen molar-refractivity contribution in [3.8, 4) is 17.1 Å². The van der Waals surface area contributed by atoms with Crippen LogP contribution >= 0.6 is 10.7 Å². The van der Waals surface area contributed by atoms with Gasteiger partial charge in [-0.3, -0.25) is 9.48 Å². The van der Waals surface area contributed by atoms with Crippen LogP contribution in [0.25, 0.3) is 22.4 Å². The van der Waals surface area contributed by atoms with E-state index in [1.54, 1.807) is 4.68 Å². The number of nitrogens with zero attached hydrogens (tertiary/aromatic N) is 3. The first-order valence-electron chi connectivity index (χ1n) is 8.45.